The lowest BCUT2D eigenvalue weighted by Crippen LogP contribution is -1.84. The highest BCUT2D eigenvalue weighted by molar-refractivity contribution is 7.99. The number of hydrogen-bond acceptors (Lipinski definition) is 1. The fourth-order valence-corrected chi connectivity index (χ4v) is 3.39. The third-order valence-electron chi connectivity index (χ3n) is 3.58. The summed E-state index contributed by atoms with van der Waals surface area (Å²) >= 11 is 1.85. The lowest BCUT2D eigenvalue weighted by atomic mass is 10.2. The Morgan fingerprint density at radius 3 is 2.37 bits per heavy atom. The van der Waals surface area contributed by atoms with Gasteiger partial charge in [-0.1, -0.05) is 35.5 Å². The molecule has 0 radical (unpaired) electrons. The Morgan fingerprint density at radius 1 is 0.895 bits per heavy atom. The zero-order valence-corrected chi connectivity index (χ0v) is 12.3. The maximum atomic E-state index is 2.27. The van der Waals surface area contributed by atoms with Crippen LogP contribution in [-0.2, 0) is 0 Å². The van der Waals surface area contributed by atoms with Gasteiger partial charge in [-0.2, -0.15) is 0 Å². The van der Waals surface area contributed by atoms with E-state index >= 15 is 0 Å². The third-order valence-corrected chi connectivity index (χ3v) is 4.81. The van der Waals surface area contributed by atoms with Crippen LogP contribution in [0.4, 0.5) is 0 Å². The zero-order valence-electron chi connectivity index (χ0n) is 11.5. The van der Waals surface area contributed by atoms with Gasteiger partial charge >= 0.3 is 0 Å². The fraction of sp³-hybridized carbons (Fsp3) is 0.176. The highest BCUT2D eigenvalue weighted by atomic mass is 32.2. The molecule has 2 aromatic heterocycles. The van der Waals surface area contributed by atoms with E-state index in [4.69, 9.17) is 0 Å². The van der Waals surface area contributed by atoms with E-state index in [-0.39, 0.29) is 0 Å². The summed E-state index contributed by atoms with van der Waals surface area (Å²) in [5.41, 5.74) is 5.30. The molecule has 0 aliphatic heterocycles. The van der Waals surface area contributed by atoms with E-state index in [1.54, 1.807) is 0 Å². The predicted molar refractivity (Wildman–Crippen MR) is 82.2 cm³/mol. The van der Waals surface area contributed by atoms with Crippen LogP contribution in [0.5, 0.6) is 0 Å². The first-order valence-corrected chi connectivity index (χ1v) is 7.29. The van der Waals surface area contributed by atoms with Crippen molar-refractivity contribution in [1.29, 1.82) is 0 Å². The Balaban J connectivity index is 2.10. The van der Waals surface area contributed by atoms with Crippen LogP contribution >= 0.6 is 11.8 Å². The summed E-state index contributed by atoms with van der Waals surface area (Å²) in [6.45, 7) is 6.51. The first-order valence-electron chi connectivity index (χ1n) is 6.47. The number of pyridine rings is 1. The molecule has 0 bridgehead atoms. The van der Waals surface area contributed by atoms with Gasteiger partial charge in [-0.3, -0.25) is 0 Å². The molecule has 1 nitrogen and oxygen atoms in total. The SMILES string of the molecule is Cc1ccc(Sc2c(C)c(C)n3ccccc23)cc1. The molecule has 0 saturated carbocycles. The Bertz CT molecular complexity index is 723. The molecule has 96 valence electrons. The molecule has 0 fully saturated rings. The fourth-order valence-electron chi connectivity index (χ4n) is 2.31. The molecule has 2 heterocycles. The van der Waals surface area contributed by atoms with Gasteiger partial charge in [0.05, 0.1) is 5.52 Å². The molecule has 2 heteroatoms. The molecule has 0 aliphatic rings. The van der Waals surface area contributed by atoms with Gasteiger partial charge in [-0.15, -0.1) is 0 Å². The number of nitrogens with zero attached hydrogens (tertiary/aromatic N) is 1. The number of hydrogen-bond donors (Lipinski definition) is 0. The number of aryl methyl sites for hydroxylation is 2. The molecule has 0 aliphatic carbocycles. The largest absolute Gasteiger partial charge is 0.320 e. The van der Waals surface area contributed by atoms with Crippen LogP contribution < -0.4 is 0 Å². The molecular formula is C17H17NS. The maximum Gasteiger partial charge on any atom is 0.0595 e. The van der Waals surface area contributed by atoms with Gasteiger partial charge in [0.15, 0.2) is 0 Å². The number of rotatable bonds is 2. The number of benzene rings is 1. The molecular weight excluding hydrogens is 250 g/mol. The molecule has 0 amide bonds. The van der Waals surface area contributed by atoms with Crippen LogP contribution in [-0.4, -0.2) is 4.40 Å². The predicted octanol–water partition coefficient (Wildman–Crippen LogP) is 5.02. The van der Waals surface area contributed by atoms with Crippen LogP contribution in [0.3, 0.4) is 0 Å². The Labute approximate surface area is 118 Å². The van der Waals surface area contributed by atoms with Crippen molar-refractivity contribution in [2.45, 2.75) is 30.6 Å². The van der Waals surface area contributed by atoms with Crippen molar-refractivity contribution < 1.29 is 0 Å². The van der Waals surface area contributed by atoms with Crippen LogP contribution in [0.2, 0.25) is 0 Å². The van der Waals surface area contributed by atoms with E-state index in [9.17, 15) is 0 Å². The average molecular weight is 267 g/mol. The zero-order chi connectivity index (χ0) is 13.4. The van der Waals surface area contributed by atoms with Gasteiger partial charge in [0.2, 0.25) is 0 Å². The summed E-state index contributed by atoms with van der Waals surface area (Å²) in [6.07, 6.45) is 2.14. The highest BCUT2D eigenvalue weighted by Crippen LogP contribution is 2.36. The number of fused-ring (bicyclic) bond motifs is 1. The highest BCUT2D eigenvalue weighted by Gasteiger charge is 2.12. The Morgan fingerprint density at radius 2 is 1.63 bits per heavy atom. The first-order chi connectivity index (χ1) is 9.16. The molecule has 3 rings (SSSR count). The van der Waals surface area contributed by atoms with Crippen LogP contribution in [0.25, 0.3) is 5.52 Å². The van der Waals surface area contributed by atoms with E-state index in [2.05, 4.69) is 73.8 Å². The summed E-state index contributed by atoms with van der Waals surface area (Å²) in [5.74, 6) is 0. The van der Waals surface area contributed by atoms with Gasteiger partial charge in [-0.05, 0) is 50.6 Å². The van der Waals surface area contributed by atoms with Crippen LogP contribution in [0, 0.1) is 20.8 Å². The Hall–Kier alpha value is -1.67. The molecule has 0 atom stereocenters. The molecule has 19 heavy (non-hydrogen) atoms. The Kier molecular flexibility index (Phi) is 3.11. The van der Waals surface area contributed by atoms with Crippen molar-refractivity contribution in [3.05, 3.63) is 65.5 Å². The van der Waals surface area contributed by atoms with Crippen molar-refractivity contribution in [2.24, 2.45) is 0 Å². The molecule has 0 saturated heterocycles. The van der Waals surface area contributed by atoms with E-state index in [1.165, 1.54) is 32.1 Å². The van der Waals surface area contributed by atoms with Crippen molar-refractivity contribution in [1.82, 2.24) is 4.40 Å². The molecule has 0 unspecified atom stereocenters. The normalized spacial score (nSPS) is 11.1. The summed E-state index contributed by atoms with van der Waals surface area (Å²) in [6, 6.07) is 15.1. The minimum atomic E-state index is 1.29. The van der Waals surface area contributed by atoms with Gasteiger partial charge in [-0.25, -0.2) is 0 Å². The lowest BCUT2D eigenvalue weighted by Gasteiger charge is -2.03. The van der Waals surface area contributed by atoms with Gasteiger partial charge in [0.1, 0.15) is 0 Å². The van der Waals surface area contributed by atoms with E-state index in [0.717, 1.165) is 0 Å². The lowest BCUT2D eigenvalue weighted by molar-refractivity contribution is 1.09. The number of aromatic nitrogens is 1. The smallest absolute Gasteiger partial charge is 0.0595 e. The van der Waals surface area contributed by atoms with E-state index in [0.29, 0.717) is 0 Å². The molecule has 0 spiro atoms. The summed E-state index contributed by atoms with van der Waals surface area (Å²) in [4.78, 5) is 2.66. The van der Waals surface area contributed by atoms with Gasteiger partial charge in [0.25, 0.3) is 0 Å². The minimum Gasteiger partial charge on any atom is -0.320 e. The van der Waals surface area contributed by atoms with E-state index in [1.807, 2.05) is 11.8 Å². The quantitative estimate of drug-likeness (QED) is 0.631. The van der Waals surface area contributed by atoms with Crippen LogP contribution in [0.1, 0.15) is 16.8 Å². The monoisotopic (exact) mass is 267 g/mol. The summed E-state index contributed by atoms with van der Waals surface area (Å²) < 4.78 is 2.27. The van der Waals surface area contributed by atoms with Crippen molar-refractivity contribution >= 4 is 17.3 Å². The topological polar surface area (TPSA) is 4.41 Å². The summed E-state index contributed by atoms with van der Waals surface area (Å²) in [5, 5.41) is 0. The summed E-state index contributed by atoms with van der Waals surface area (Å²) in [7, 11) is 0. The maximum absolute atomic E-state index is 2.27. The molecule has 3 aromatic rings. The molecule has 0 N–H and O–H groups in total. The average Bonchev–Trinajstić information content (AvgIpc) is 2.67. The van der Waals surface area contributed by atoms with Crippen molar-refractivity contribution in [3.63, 3.8) is 0 Å². The van der Waals surface area contributed by atoms with Crippen molar-refractivity contribution in [3.8, 4) is 0 Å². The van der Waals surface area contributed by atoms with Crippen LogP contribution in [0.15, 0.2) is 58.5 Å². The van der Waals surface area contributed by atoms with Gasteiger partial charge < -0.3 is 4.40 Å². The second-order valence-electron chi connectivity index (χ2n) is 4.91. The van der Waals surface area contributed by atoms with Gasteiger partial charge in [0, 0.05) is 21.7 Å². The standard InChI is InChI=1S/C17H17NS/c1-12-7-9-15(10-8-12)19-17-13(2)14(3)18-11-5-4-6-16(17)18/h4-11H,1-3H3. The van der Waals surface area contributed by atoms with Crippen molar-refractivity contribution in [2.75, 3.05) is 0 Å². The minimum absolute atomic E-state index is 1.29. The van der Waals surface area contributed by atoms with E-state index < -0.39 is 0 Å². The second kappa shape index (κ2) is 4.78. The third kappa shape index (κ3) is 2.17. The molecule has 1 aromatic carbocycles. The second-order valence-corrected chi connectivity index (χ2v) is 5.99. The first kappa shape index (κ1) is 12.4.